The van der Waals surface area contributed by atoms with Crippen molar-refractivity contribution >= 4 is 5.91 Å². The van der Waals surface area contributed by atoms with Crippen LogP contribution in [0, 0.1) is 5.92 Å². The summed E-state index contributed by atoms with van der Waals surface area (Å²) in [5.74, 6) is 0.785. The number of benzene rings is 1. The van der Waals surface area contributed by atoms with E-state index in [1.165, 1.54) is 43.2 Å². The number of hydrogen-bond donors (Lipinski definition) is 1. The van der Waals surface area contributed by atoms with Gasteiger partial charge in [-0.25, -0.2) is 0 Å². The highest BCUT2D eigenvalue weighted by Crippen LogP contribution is 2.32. The quantitative estimate of drug-likeness (QED) is 0.906. The van der Waals surface area contributed by atoms with E-state index >= 15 is 0 Å². The third-order valence-corrected chi connectivity index (χ3v) is 5.38. The monoisotopic (exact) mass is 301 g/mol. The fourth-order valence-corrected chi connectivity index (χ4v) is 3.99. The lowest BCUT2D eigenvalue weighted by atomic mass is 9.87. The Morgan fingerprint density at radius 2 is 1.82 bits per heavy atom. The van der Waals surface area contributed by atoms with Crippen molar-refractivity contribution in [1.82, 2.24) is 5.32 Å². The first-order valence-electron chi connectivity index (χ1n) is 8.59. The molecule has 1 aromatic rings. The molecular weight excluding hydrogens is 274 g/mol. The Balaban J connectivity index is 1.52. The summed E-state index contributed by atoms with van der Waals surface area (Å²) in [5, 5.41) is 3.13. The molecule has 1 saturated carbocycles. The summed E-state index contributed by atoms with van der Waals surface area (Å²) in [6, 6.07) is 8.48. The van der Waals surface area contributed by atoms with Crippen LogP contribution in [0.5, 0.6) is 0 Å². The average molecular weight is 301 g/mol. The summed E-state index contributed by atoms with van der Waals surface area (Å²) in [4.78, 5) is 12.2. The molecule has 1 aromatic carbocycles. The summed E-state index contributed by atoms with van der Waals surface area (Å²) in [6.45, 7) is 0.615. The number of amides is 1. The molecule has 0 atom stereocenters. The van der Waals surface area contributed by atoms with Crippen molar-refractivity contribution in [3.05, 3.63) is 35.4 Å². The van der Waals surface area contributed by atoms with E-state index in [1.807, 2.05) is 0 Å². The van der Waals surface area contributed by atoms with Crippen LogP contribution in [-0.2, 0) is 22.4 Å². The molecule has 2 aliphatic rings. The molecule has 1 fully saturated rings. The Morgan fingerprint density at radius 1 is 1.18 bits per heavy atom. The molecule has 1 N–H and O–H groups in total. The second-order valence-corrected chi connectivity index (χ2v) is 6.99. The lowest BCUT2D eigenvalue weighted by Crippen LogP contribution is -2.45. The topological polar surface area (TPSA) is 38.3 Å². The van der Waals surface area contributed by atoms with Crippen LogP contribution in [0.15, 0.2) is 24.3 Å². The summed E-state index contributed by atoms with van der Waals surface area (Å²) in [7, 11) is 1.76. The number of carbonyl (C=O) groups is 1. The zero-order chi connectivity index (χ0) is 15.4. The van der Waals surface area contributed by atoms with E-state index in [0.717, 1.165) is 12.8 Å². The first-order valence-corrected chi connectivity index (χ1v) is 8.59. The summed E-state index contributed by atoms with van der Waals surface area (Å²) in [6.07, 6.45) is 8.82. The molecule has 3 nitrogen and oxygen atoms in total. The second-order valence-electron chi connectivity index (χ2n) is 6.99. The lowest BCUT2D eigenvalue weighted by molar-refractivity contribution is -0.123. The molecule has 0 aromatic heterocycles. The Labute approximate surface area is 133 Å². The van der Waals surface area contributed by atoms with Crippen molar-refractivity contribution in [1.29, 1.82) is 0 Å². The third-order valence-electron chi connectivity index (χ3n) is 5.38. The maximum absolute atomic E-state index is 12.2. The Bertz CT molecular complexity index is 495. The number of nitrogens with one attached hydrogen (secondary N) is 1. The Hall–Kier alpha value is -1.35. The fourth-order valence-electron chi connectivity index (χ4n) is 3.99. The number of ether oxygens (including phenoxy) is 1. The molecule has 0 spiro atoms. The van der Waals surface area contributed by atoms with Crippen LogP contribution < -0.4 is 5.32 Å². The molecule has 2 aliphatic carbocycles. The number of rotatable bonds is 5. The van der Waals surface area contributed by atoms with E-state index < -0.39 is 0 Å². The molecule has 1 amide bonds. The highest BCUT2D eigenvalue weighted by atomic mass is 16.5. The number of hydrogen-bond acceptors (Lipinski definition) is 2. The third kappa shape index (κ3) is 3.52. The van der Waals surface area contributed by atoms with Gasteiger partial charge in [0.05, 0.1) is 5.60 Å². The van der Waals surface area contributed by atoms with Crippen LogP contribution in [0.4, 0.5) is 0 Å². The smallest absolute Gasteiger partial charge is 0.220 e. The van der Waals surface area contributed by atoms with Gasteiger partial charge >= 0.3 is 0 Å². The van der Waals surface area contributed by atoms with Gasteiger partial charge in [-0.2, -0.15) is 0 Å². The molecule has 0 saturated heterocycles. The second kappa shape index (κ2) is 6.82. The summed E-state index contributed by atoms with van der Waals surface area (Å²) < 4.78 is 5.81. The van der Waals surface area contributed by atoms with Crippen LogP contribution in [0.3, 0.4) is 0 Å². The molecule has 0 bridgehead atoms. The van der Waals surface area contributed by atoms with E-state index in [9.17, 15) is 4.79 Å². The van der Waals surface area contributed by atoms with Gasteiger partial charge in [0, 0.05) is 32.9 Å². The van der Waals surface area contributed by atoms with Crippen molar-refractivity contribution in [3.63, 3.8) is 0 Å². The average Bonchev–Trinajstić information content (AvgIpc) is 2.93. The van der Waals surface area contributed by atoms with Crippen LogP contribution in [0.1, 0.15) is 49.7 Å². The van der Waals surface area contributed by atoms with Gasteiger partial charge in [0.15, 0.2) is 0 Å². The number of methoxy groups -OCH3 is 1. The zero-order valence-electron chi connectivity index (χ0n) is 13.6. The molecule has 3 rings (SSSR count). The number of fused-ring (bicyclic) bond motifs is 1. The van der Waals surface area contributed by atoms with E-state index in [-0.39, 0.29) is 11.5 Å². The molecule has 22 heavy (non-hydrogen) atoms. The molecule has 120 valence electrons. The van der Waals surface area contributed by atoms with Gasteiger partial charge < -0.3 is 10.1 Å². The minimum Gasteiger partial charge on any atom is -0.376 e. The first-order chi connectivity index (χ1) is 10.7. The van der Waals surface area contributed by atoms with Gasteiger partial charge in [0.25, 0.3) is 0 Å². The van der Waals surface area contributed by atoms with Gasteiger partial charge in [0.1, 0.15) is 0 Å². The van der Waals surface area contributed by atoms with E-state index in [4.69, 9.17) is 4.74 Å². The predicted octanol–water partition coefficient (Wildman–Crippen LogP) is 3.26. The lowest BCUT2D eigenvalue weighted by Gasteiger charge is -2.28. The molecule has 0 radical (unpaired) electrons. The van der Waals surface area contributed by atoms with E-state index in [0.29, 0.717) is 18.9 Å². The van der Waals surface area contributed by atoms with Gasteiger partial charge in [-0.05, 0) is 29.9 Å². The summed E-state index contributed by atoms with van der Waals surface area (Å²) in [5.41, 5.74) is 2.45. The van der Waals surface area contributed by atoms with Crippen molar-refractivity contribution in [2.75, 3.05) is 13.7 Å². The van der Waals surface area contributed by atoms with Crippen molar-refractivity contribution in [3.8, 4) is 0 Å². The molecular formula is C19H27NO2. The maximum Gasteiger partial charge on any atom is 0.220 e. The predicted molar refractivity (Wildman–Crippen MR) is 87.8 cm³/mol. The van der Waals surface area contributed by atoms with Crippen LogP contribution in [-0.4, -0.2) is 25.2 Å². The van der Waals surface area contributed by atoms with Gasteiger partial charge in [0.2, 0.25) is 5.91 Å². The summed E-state index contributed by atoms with van der Waals surface area (Å²) >= 11 is 0. The zero-order valence-corrected chi connectivity index (χ0v) is 13.6. The van der Waals surface area contributed by atoms with Crippen LogP contribution in [0.2, 0.25) is 0 Å². The highest BCUT2D eigenvalue weighted by molar-refractivity contribution is 5.76. The van der Waals surface area contributed by atoms with Crippen molar-refractivity contribution in [2.24, 2.45) is 5.92 Å². The van der Waals surface area contributed by atoms with Gasteiger partial charge in [-0.3, -0.25) is 4.79 Å². The van der Waals surface area contributed by atoms with Gasteiger partial charge in [-0.15, -0.1) is 0 Å². The maximum atomic E-state index is 12.2. The van der Waals surface area contributed by atoms with E-state index in [1.54, 1.807) is 7.11 Å². The normalized spacial score (nSPS) is 20.6. The van der Waals surface area contributed by atoms with Crippen LogP contribution in [0.25, 0.3) is 0 Å². The molecule has 0 aliphatic heterocycles. The van der Waals surface area contributed by atoms with Gasteiger partial charge in [-0.1, -0.05) is 43.5 Å². The van der Waals surface area contributed by atoms with Crippen molar-refractivity contribution in [2.45, 2.75) is 57.0 Å². The Kier molecular flexibility index (Phi) is 4.82. The molecule has 0 unspecified atom stereocenters. The van der Waals surface area contributed by atoms with Crippen molar-refractivity contribution < 1.29 is 9.53 Å². The number of carbonyl (C=O) groups excluding carboxylic acids is 1. The fraction of sp³-hybridized carbons (Fsp3) is 0.632. The SMILES string of the molecule is COC1(CNC(=O)CC2CCCCC2)Cc2ccccc2C1. The first kappa shape index (κ1) is 15.5. The minimum absolute atomic E-state index is 0.194. The Morgan fingerprint density at radius 3 is 2.41 bits per heavy atom. The minimum atomic E-state index is -0.258. The highest BCUT2D eigenvalue weighted by Gasteiger charge is 2.37. The molecule has 3 heteroatoms. The largest absolute Gasteiger partial charge is 0.376 e. The van der Waals surface area contributed by atoms with Crippen LogP contribution >= 0.6 is 0 Å². The standard InChI is InChI=1S/C19H27NO2/c1-22-19(12-16-9-5-6-10-17(16)13-19)14-20-18(21)11-15-7-3-2-4-8-15/h5-6,9-10,15H,2-4,7-8,11-14H2,1H3,(H,20,21). The van der Waals surface area contributed by atoms with E-state index in [2.05, 4.69) is 29.6 Å². The molecule has 0 heterocycles.